The van der Waals surface area contributed by atoms with Crippen LogP contribution in [0.1, 0.15) is 12.0 Å². The highest BCUT2D eigenvalue weighted by atomic mass is 79.9. The van der Waals surface area contributed by atoms with Crippen LogP contribution in [0.5, 0.6) is 0 Å². The van der Waals surface area contributed by atoms with Gasteiger partial charge < -0.3 is 10.0 Å². The smallest absolute Gasteiger partial charge is 0.0513 e. The van der Waals surface area contributed by atoms with E-state index in [0.29, 0.717) is 12.5 Å². The highest BCUT2D eigenvalue weighted by Crippen LogP contribution is 2.32. The van der Waals surface area contributed by atoms with Gasteiger partial charge in [0.25, 0.3) is 0 Å². The fourth-order valence-corrected chi connectivity index (χ4v) is 2.59. The molecule has 1 heterocycles. The molecule has 0 aromatic heterocycles. The highest BCUT2D eigenvalue weighted by Gasteiger charge is 2.23. The van der Waals surface area contributed by atoms with Crippen LogP contribution in [0.3, 0.4) is 0 Å². The van der Waals surface area contributed by atoms with Crippen LogP contribution < -0.4 is 4.90 Å². The van der Waals surface area contributed by atoms with Crippen LogP contribution in [0.2, 0.25) is 0 Å². The lowest BCUT2D eigenvalue weighted by atomic mass is 10.1. The summed E-state index contributed by atoms with van der Waals surface area (Å²) in [6.07, 6.45) is 1.09. The molecule has 1 N–H and O–H groups in total. The van der Waals surface area contributed by atoms with Gasteiger partial charge in [0.2, 0.25) is 0 Å². The molecule has 0 aliphatic carbocycles. The molecule has 1 fully saturated rings. The van der Waals surface area contributed by atoms with Crippen molar-refractivity contribution in [3.8, 4) is 0 Å². The summed E-state index contributed by atoms with van der Waals surface area (Å²) in [5.74, 6) is 0.442. The summed E-state index contributed by atoms with van der Waals surface area (Å²) in [7, 11) is 0. The normalized spacial score (nSPS) is 21.0. The van der Waals surface area contributed by atoms with Gasteiger partial charge in [-0.15, -0.1) is 0 Å². The third-order valence-electron chi connectivity index (χ3n) is 3.06. The predicted molar refractivity (Wildman–Crippen MR) is 66.3 cm³/mol. The molecule has 3 heteroatoms. The number of aliphatic hydroxyl groups is 1. The zero-order valence-corrected chi connectivity index (χ0v) is 10.5. The molecule has 1 atom stereocenters. The molecule has 0 spiro atoms. The van der Waals surface area contributed by atoms with Crippen molar-refractivity contribution in [1.29, 1.82) is 0 Å². The molecule has 1 unspecified atom stereocenters. The van der Waals surface area contributed by atoms with Crippen molar-refractivity contribution in [1.82, 2.24) is 0 Å². The Kier molecular flexibility index (Phi) is 3.32. The molecule has 1 aliphatic heterocycles. The maximum Gasteiger partial charge on any atom is 0.0513 e. The van der Waals surface area contributed by atoms with E-state index in [9.17, 15) is 0 Å². The van der Waals surface area contributed by atoms with Crippen LogP contribution in [-0.2, 0) is 0 Å². The van der Waals surface area contributed by atoms with E-state index in [2.05, 4.69) is 46.0 Å². The number of aliphatic hydroxyl groups excluding tert-OH is 1. The van der Waals surface area contributed by atoms with E-state index in [-0.39, 0.29) is 0 Å². The van der Waals surface area contributed by atoms with Crippen LogP contribution in [0, 0.1) is 12.8 Å². The van der Waals surface area contributed by atoms with Crippen molar-refractivity contribution in [3.05, 3.63) is 28.2 Å². The number of rotatable bonds is 2. The van der Waals surface area contributed by atoms with Crippen molar-refractivity contribution < 1.29 is 5.11 Å². The van der Waals surface area contributed by atoms with Gasteiger partial charge >= 0.3 is 0 Å². The Morgan fingerprint density at radius 3 is 3.00 bits per heavy atom. The minimum Gasteiger partial charge on any atom is -0.396 e. The van der Waals surface area contributed by atoms with Crippen LogP contribution >= 0.6 is 15.9 Å². The maximum atomic E-state index is 9.12. The number of nitrogens with zero attached hydrogens (tertiary/aromatic N) is 1. The molecule has 0 amide bonds. The fourth-order valence-electron chi connectivity index (χ4n) is 2.08. The van der Waals surface area contributed by atoms with Crippen molar-refractivity contribution in [2.45, 2.75) is 13.3 Å². The van der Waals surface area contributed by atoms with E-state index in [1.54, 1.807) is 0 Å². The first-order chi connectivity index (χ1) is 7.22. The Bertz CT molecular complexity index is 353. The number of aryl methyl sites for hydroxylation is 1. The summed E-state index contributed by atoms with van der Waals surface area (Å²) in [4.78, 5) is 2.35. The molecule has 1 aliphatic rings. The second kappa shape index (κ2) is 4.54. The summed E-state index contributed by atoms with van der Waals surface area (Å²) in [6, 6.07) is 6.33. The summed E-state index contributed by atoms with van der Waals surface area (Å²) < 4.78 is 1.18. The van der Waals surface area contributed by atoms with Crippen molar-refractivity contribution in [2.75, 3.05) is 24.6 Å². The minimum absolute atomic E-state index is 0.305. The third kappa shape index (κ3) is 2.18. The number of halogens is 1. The summed E-state index contributed by atoms with van der Waals surface area (Å²) in [5, 5.41) is 9.12. The lowest BCUT2D eigenvalue weighted by Gasteiger charge is -2.20. The standard InChI is InChI=1S/C12H16BrNO/c1-9-3-2-4-11(12(9)13)14-6-5-10(7-14)8-15/h2-4,10,15H,5-8H2,1H3. The predicted octanol–water partition coefficient (Wildman–Crippen LogP) is 2.58. The Morgan fingerprint density at radius 1 is 1.53 bits per heavy atom. The molecule has 0 bridgehead atoms. The average molecular weight is 270 g/mol. The summed E-state index contributed by atoms with van der Waals surface area (Å²) in [5.41, 5.74) is 2.52. The van der Waals surface area contributed by atoms with Gasteiger partial charge in [0.05, 0.1) is 5.69 Å². The molecule has 0 radical (unpaired) electrons. The largest absolute Gasteiger partial charge is 0.396 e. The van der Waals surface area contributed by atoms with Gasteiger partial charge in [0.15, 0.2) is 0 Å². The summed E-state index contributed by atoms with van der Waals surface area (Å²) in [6.45, 7) is 4.43. The Morgan fingerprint density at radius 2 is 2.33 bits per heavy atom. The first-order valence-corrected chi connectivity index (χ1v) is 6.12. The zero-order valence-electron chi connectivity index (χ0n) is 8.91. The van der Waals surface area contributed by atoms with E-state index in [4.69, 9.17) is 5.11 Å². The molecule has 2 nitrogen and oxygen atoms in total. The molecule has 1 aromatic rings. The maximum absolute atomic E-state index is 9.12. The van der Waals surface area contributed by atoms with Crippen molar-refractivity contribution in [2.24, 2.45) is 5.92 Å². The quantitative estimate of drug-likeness (QED) is 0.892. The van der Waals surface area contributed by atoms with E-state index in [1.165, 1.54) is 15.7 Å². The van der Waals surface area contributed by atoms with Crippen LogP contribution in [0.15, 0.2) is 22.7 Å². The van der Waals surface area contributed by atoms with Gasteiger partial charge in [-0.2, -0.15) is 0 Å². The molecule has 2 rings (SSSR count). The topological polar surface area (TPSA) is 23.5 Å². The van der Waals surface area contributed by atoms with E-state index in [1.807, 2.05) is 0 Å². The van der Waals surface area contributed by atoms with Crippen LogP contribution in [-0.4, -0.2) is 24.8 Å². The van der Waals surface area contributed by atoms with Crippen molar-refractivity contribution >= 4 is 21.6 Å². The first kappa shape index (κ1) is 11.0. The van der Waals surface area contributed by atoms with E-state index in [0.717, 1.165) is 19.5 Å². The zero-order chi connectivity index (χ0) is 10.8. The first-order valence-electron chi connectivity index (χ1n) is 5.33. The Balaban J connectivity index is 2.20. The third-order valence-corrected chi connectivity index (χ3v) is 4.09. The SMILES string of the molecule is Cc1cccc(N2CCC(CO)C2)c1Br. The minimum atomic E-state index is 0.305. The van der Waals surface area contributed by atoms with Crippen LogP contribution in [0.25, 0.3) is 0 Å². The van der Waals surface area contributed by atoms with E-state index < -0.39 is 0 Å². The van der Waals surface area contributed by atoms with Crippen molar-refractivity contribution in [3.63, 3.8) is 0 Å². The van der Waals surface area contributed by atoms with Gasteiger partial charge in [-0.05, 0) is 40.9 Å². The Labute approximate surface area is 99.0 Å². The number of hydrogen-bond acceptors (Lipinski definition) is 2. The molecular formula is C12H16BrNO. The fraction of sp³-hybridized carbons (Fsp3) is 0.500. The number of hydrogen-bond donors (Lipinski definition) is 1. The number of benzene rings is 1. The van der Waals surface area contributed by atoms with E-state index >= 15 is 0 Å². The van der Waals surface area contributed by atoms with Gasteiger partial charge in [-0.3, -0.25) is 0 Å². The average Bonchev–Trinajstić information content (AvgIpc) is 2.70. The lowest BCUT2D eigenvalue weighted by molar-refractivity contribution is 0.238. The second-order valence-electron chi connectivity index (χ2n) is 4.19. The number of anilines is 1. The Hall–Kier alpha value is -0.540. The van der Waals surface area contributed by atoms with Gasteiger partial charge in [0.1, 0.15) is 0 Å². The second-order valence-corrected chi connectivity index (χ2v) is 4.98. The molecule has 15 heavy (non-hydrogen) atoms. The molecule has 1 saturated heterocycles. The monoisotopic (exact) mass is 269 g/mol. The van der Waals surface area contributed by atoms with Crippen LogP contribution in [0.4, 0.5) is 5.69 Å². The molecule has 82 valence electrons. The molecular weight excluding hydrogens is 254 g/mol. The van der Waals surface area contributed by atoms with Gasteiger partial charge in [-0.25, -0.2) is 0 Å². The van der Waals surface area contributed by atoms with Gasteiger partial charge in [0, 0.05) is 30.1 Å². The summed E-state index contributed by atoms with van der Waals surface area (Å²) >= 11 is 3.63. The highest BCUT2D eigenvalue weighted by molar-refractivity contribution is 9.10. The molecule has 1 aromatic carbocycles. The molecule has 0 saturated carbocycles. The van der Waals surface area contributed by atoms with Gasteiger partial charge in [-0.1, -0.05) is 12.1 Å². The lowest BCUT2D eigenvalue weighted by Crippen LogP contribution is -2.21.